The fourth-order valence-corrected chi connectivity index (χ4v) is 2.81. The van der Waals surface area contributed by atoms with Crippen LogP contribution in [0.2, 0.25) is 0 Å². The van der Waals surface area contributed by atoms with Gasteiger partial charge in [0.05, 0.1) is 18.8 Å². The summed E-state index contributed by atoms with van der Waals surface area (Å²) in [6.07, 6.45) is 4.17. The third-order valence-electron chi connectivity index (χ3n) is 3.66. The molecule has 0 aromatic heterocycles. The third kappa shape index (κ3) is 3.19. The maximum absolute atomic E-state index is 12.4. The van der Waals surface area contributed by atoms with Gasteiger partial charge in [-0.3, -0.25) is 4.79 Å². The molecule has 2 unspecified atom stereocenters. The standard InChI is InChI=1S/C13H23NO3/c1-9-7-11(8-10(2)17-9)13(16)14(5-6-15)12-3-4-12/h9-12,15H,3-8H2,1-2H3. The van der Waals surface area contributed by atoms with Crippen LogP contribution in [0.15, 0.2) is 0 Å². The number of amides is 1. The number of ether oxygens (including phenoxy) is 1. The van der Waals surface area contributed by atoms with Gasteiger partial charge in [-0.25, -0.2) is 0 Å². The fraction of sp³-hybridized carbons (Fsp3) is 0.923. The predicted molar refractivity (Wildman–Crippen MR) is 64.6 cm³/mol. The van der Waals surface area contributed by atoms with Gasteiger partial charge in [-0.1, -0.05) is 0 Å². The Morgan fingerprint density at radius 3 is 2.35 bits per heavy atom. The largest absolute Gasteiger partial charge is 0.395 e. The zero-order valence-corrected chi connectivity index (χ0v) is 10.8. The summed E-state index contributed by atoms with van der Waals surface area (Å²) >= 11 is 0. The molecule has 0 spiro atoms. The Balaban J connectivity index is 1.96. The summed E-state index contributed by atoms with van der Waals surface area (Å²) in [6.45, 7) is 4.62. The molecule has 2 aliphatic rings. The number of aliphatic hydroxyl groups excluding tert-OH is 1. The van der Waals surface area contributed by atoms with Gasteiger partial charge in [0.15, 0.2) is 0 Å². The first kappa shape index (κ1) is 12.8. The lowest BCUT2D eigenvalue weighted by atomic mass is 9.91. The van der Waals surface area contributed by atoms with Crippen LogP contribution in [-0.4, -0.2) is 47.3 Å². The summed E-state index contributed by atoms with van der Waals surface area (Å²) in [7, 11) is 0. The van der Waals surface area contributed by atoms with E-state index < -0.39 is 0 Å². The molecular weight excluding hydrogens is 218 g/mol. The highest BCUT2D eigenvalue weighted by Gasteiger charge is 2.38. The van der Waals surface area contributed by atoms with Crippen molar-refractivity contribution in [2.24, 2.45) is 5.92 Å². The third-order valence-corrected chi connectivity index (χ3v) is 3.66. The Kier molecular flexibility index (Phi) is 4.05. The van der Waals surface area contributed by atoms with E-state index >= 15 is 0 Å². The van der Waals surface area contributed by atoms with Crippen molar-refractivity contribution in [2.45, 2.75) is 57.8 Å². The number of carbonyl (C=O) groups is 1. The van der Waals surface area contributed by atoms with Crippen LogP contribution in [0.1, 0.15) is 39.5 Å². The second-order valence-electron chi connectivity index (χ2n) is 5.41. The quantitative estimate of drug-likeness (QED) is 0.804. The molecule has 0 radical (unpaired) electrons. The summed E-state index contributed by atoms with van der Waals surface area (Å²) in [4.78, 5) is 14.3. The number of rotatable bonds is 4. The minimum Gasteiger partial charge on any atom is -0.395 e. The molecule has 1 saturated carbocycles. The van der Waals surface area contributed by atoms with Crippen molar-refractivity contribution in [3.05, 3.63) is 0 Å². The Hall–Kier alpha value is -0.610. The zero-order valence-electron chi connectivity index (χ0n) is 10.8. The molecule has 1 N–H and O–H groups in total. The molecular formula is C13H23NO3. The Bertz CT molecular complexity index is 268. The van der Waals surface area contributed by atoms with E-state index in [0.717, 1.165) is 25.7 Å². The topological polar surface area (TPSA) is 49.8 Å². The molecule has 1 heterocycles. The molecule has 2 atom stereocenters. The summed E-state index contributed by atoms with van der Waals surface area (Å²) < 4.78 is 5.66. The van der Waals surface area contributed by atoms with Crippen molar-refractivity contribution >= 4 is 5.91 Å². The number of hydrogen-bond donors (Lipinski definition) is 1. The molecule has 17 heavy (non-hydrogen) atoms. The molecule has 1 aliphatic heterocycles. The highest BCUT2D eigenvalue weighted by Crippen LogP contribution is 2.32. The molecule has 2 rings (SSSR count). The average Bonchev–Trinajstić information content (AvgIpc) is 3.07. The first-order valence-electron chi connectivity index (χ1n) is 6.68. The van der Waals surface area contributed by atoms with Gasteiger partial charge in [-0.15, -0.1) is 0 Å². The summed E-state index contributed by atoms with van der Waals surface area (Å²) in [5.74, 6) is 0.310. The Morgan fingerprint density at radius 2 is 1.88 bits per heavy atom. The summed E-state index contributed by atoms with van der Waals surface area (Å²) in [5, 5.41) is 9.05. The summed E-state index contributed by atoms with van der Waals surface area (Å²) in [5.41, 5.74) is 0. The van der Waals surface area contributed by atoms with Gasteiger partial charge < -0.3 is 14.7 Å². The second kappa shape index (κ2) is 5.36. The van der Waals surface area contributed by atoms with Crippen molar-refractivity contribution in [1.82, 2.24) is 4.90 Å². The normalized spacial score (nSPS) is 33.5. The lowest BCUT2D eigenvalue weighted by Crippen LogP contribution is -2.44. The lowest BCUT2D eigenvalue weighted by molar-refractivity contribution is -0.144. The van der Waals surface area contributed by atoms with Crippen LogP contribution < -0.4 is 0 Å². The number of hydrogen-bond acceptors (Lipinski definition) is 3. The zero-order chi connectivity index (χ0) is 12.4. The van der Waals surface area contributed by atoms with E-state index in [0.29, 0.717) is 12.6 Å². The van der Waals surface area contributed by atoms with Gasteiger partial charge in [-0.2, -0.15) is 0 Å². The second-order valence-corrected chi connectivity index (χ2v) is 5.41. The number of aliphatic hydroxyl groups is 1. The van der Waals surface area contributed by atoms with Gasteiger partial charge in [0.1, 0.15) is 0 Å². The van der Waals surface area contributed by atoms with E-state index in [1.54, 1.807) is 0 Å². The van der Waals surface area contributed by atoms with Crippen LogP contribution in [0, 0.1) is 5.92 Å². The smallest absolute Gasteiger partial charge is 0.226 e. The molecule has 4 heteroatoms. The molecule has 1 amide bonds. The Labute approximate surface area is 103 Å². The van der Waals surface area contributed by atoms with Gasteiger partial charge in [0.2, 0.25) is 5.91 Å². The summed E-state index contributed by atoms with van der Waals surface area (Å²) in [6, 6.07) is 0.392. The van der Waals surface area contributed by atoms with Crippen LogP contribution in [0.3, 0.4) is 0 Å². The predicted octanol–water partition coefficient (Wildman–Crippen LogP) is 1.17. The van der Waals surface area contributed by atoms with E-state index in [1.807, 2.05) is 18.7 Å². The number of carbonyl (C=O) groups excluding carboxylic acids is 1. The van der Waals surface area contributed by atoms with Crippen molar-refractivity contribution in [2.75, 3.05) is 13.2 Å². The van der Waals surface area contributed by atoms with Crippen LogP contribution in [0.5, 0.6) is 0 Å². The first-order chi connectivity index (χ1) is 8.11. The van der Waals surface area contributed by atoms with E-state index in [-0.39, 0.29) is 30.6 Å². The highest BCUT2D eigenvalue weighted by atomic mass is 16.5. The van der Waals surface area contributed by atoms with Gasteiger partial charge in [-0.05, 0) is 39.5 Å². The van der Waals surface area contributed by atoms with Crippen LogP contribution >= 0.6 is 0 Å². The minimum absolute atomic E-state index is 0.0660. The van der Waals surface area contributed by atoms with Crippen molar-refractivity contribution in [3.8, 4) is 0 Å². The molecule has 0 aromatic rings. The molecule has 0 bridgehead atoms. The van der Waals surface area contributed by atoms with Gasteiger partial charge >= 0.3 is 0 Å². The molecule has 2 fully saturated rings. The number of nitrogens with zero attached hydrogens (tertiary/aromatic N) is 1. The molecule has 98 valence electrons. The van der Waals surface area contributed by atoms with E-state index in [2.05, 4.69) is 0 Å². The van der Waals surface area contributed by atoms with E-state index in [1.165, 1.54) is 0 Å². The average molecular weight is 241 g/mol. The molecule has 0 aromatic carbocycles. The first-order valence-corrected chi connectivity index (χ1v) is 6.68. The fourth-order valence-electron chi connectivity index (χ4n) is 2.81. The van der Waals surface area contributed by atoms with Crippen molar-refractivity contribution < 1.29 is 14.6 Å². The monoisotopic (exact) mass is 241 g/mol. The van der Waals surface area contributed by atoms with Crippen molar-refractivity contribution in [1.29, 1.82) is 0 Å². The highest BCUT2D eigenvalue weighted by molar-refractivity contribution is 5.79. The van der Waals surface area contributed by atoms with Gasteiger partial charge in [0, 0.05) is 18.5 Å². The van der Waals surface area contributed by atoms with Crippen LogP contribution in [0.4, 0.5) is 0 Å². The lowest BCUT2D eigenvalue weighted by Gasteiger charge is -2.34. The molecule has 1 aliphatic carbocycles. The maximum Gasteiger partial charge on any atom is 0.226 e. The SMILES string of the molecule is CC1CC(C(=O)N(CCO)C2CC2)CC(C)O1. The van der Waals surface area contributed by atoms with Crippen LogP contribution in [0.25, 0.3) is 0 Å². The Morgan fingerprint density at radius 1 is 1.29 bits per heavy atom. The van der Waals surface area contributed by atoms with E-state index in [9.17, 15) is 4.79 Å². The molecule has 1 saturated heterocycles. The van der Waals surface area contributed by atoms with Crippen LogP contribution in [-0.2, 0) is 9.53 Å². The molecule has 4 nitrogen and oxygen atoms in total. The maximum atomic E-state index is 12.4. The minimum atomic E-state index is 0.0660. The van der Waals surface area contributed by atoms with E-state index in [4.69, 9.17) is 9.84 Å². The van der Waals surface area contributed by atoms with Crippen molar-refractivity contribution in [3.63, 3.8) is 0 Å². The van der Waals surface area contributed by atoms with Gasteiger partial charge in [0.25, 0.3) is 0 Å².